The van der Waals surface area contributed by atoms with E-state index in [1.54, 1.807) is 42.5 Å². The van der Waals surface area contributed by atoms with Crippen molar-refractivity contribution < 1.29 is 19.2 Å². The van der Waals surface area contributed by atoms with E-state index in [9.17, 15) is 14.9 Å². The van der Waals surface area contributed by atoms with Crippen molar-refractivity contribution in [2.45, 2.75) is 37.1 Å². The Morgan fingerprint density at radius 1 is 1.17 bits per heavy atom. The van der Waals surface area contributed by atoms with Crippen molar-refractivity contribution in [1.82, 2.24) is 5.32 Å². The lowest BCUT2D eigenvalue weighted by Gasteiger charge is -2.25. The lowest BCUT2D eigenvalue weighted by atomic mass is 9.78. The first-order valence-electron chi connectivity index (χ1n) is 11.3. The zero-order chi connectivity index (χ0) is 25.6. The van der Waals surface area contributed by atoms with E-state index in [2.05, 4.69) is 26.6 Å². The maximum Gasteiger partial charge on any atom is 0.256 e. The second-order valence-electron chi connectivity index (χ2n) is 8.91. The largest absolute Gasteiger partial charge is 0.493 e. The number of hydrogen-bond acceptors (Lipinski definition) is 6. The Hall–Kier alpha value is -3.14. The molecule has 2 aliphatic heterocycles. The highest BCUT2D eigenvalue weighted by molar-refractivity contribution is 9.10. The van der Waals surface area contributed by atoms with Crippen LogP contribution in [0, 0.1) is 10.1 Å². The SMILES string of the molecule is COc1cc([C@@H]2[C@H](C)N[C@@]3(C(=O)Nc4ccccc43)[C@H]2[N+](=O)[O-])cc(Br)c1OCc1ccccc1Cl. The molecule has 36 heavy (non-hydrogen) atoms. The van der Waals surface area contributed by atoms with Crippen LogP contribution in [0.4, 0.5) is 5.69 Å². The predicted molar refractivity (Wildman–Crippen MR) is 139 cm³/mol. The number of amides is 1. The number of benzene rings is 3. The van der Waals surface area contributed by atoms with Gasteiger partial charge in [-0.15, -0.1) is 0 Å². The Bertz CT molecular complexity index is 1370. The molecule has 1 spiro atoms. The van der Waals surface area contributed by atoms with Gasteiger partial charge in [0.1, 0.15) is 6.61 Å². The van der Waals surface area contributed by atoms with Crippen molar-refractivity contribution in [3.63, 3.8) is 0 Å². The van der Waals surface area contributed by atoms with Gasteiger partial charge < -0.3 is 14.8 Å². The van der Waals surface area contributed by atoms with Gasteiger partial charge in [0.05, 0.1) is 17.5 Å². The Morgan fingerprint density at radius 2 is 1.89 bits per heavy atom. The number of anilines is 1. The molecule has 10 heteroatoms. The predicted octanol–water partition coefficient (Wildman–Crippen LogP) is 5.26. The van der Waals surface area contributed by atoms with Gasteiger partial charge in [0.15, 0.2) is 17.0 Å². The van der Waals surface area contributed by atoms with Crippen LogP contribution < -0.4 is 20.1 Å². The summed E-state index contributed by atoms with van der Waals surface area (Å²) in [6.45, 7) is 2.07. The van der Waals surface area contributed by atoms with E-state index >= 15 is 0 Å². The van der Waals surface area contributed by atoms with Crippen LogP contribution in [0.1, 0.15) is 29.5 Å². The molecule has 0 bridgehead atoms. The van der Waals surface area contributed by atoms with E-state index in [1.807, 2.05) is 25.1 Å². The normalized spacial score (nSPS) is 24.4. The van der Waals surface area contributed by atoms with Crippen LogP contribution in [0.3, 0.4) is 0 Å². The Balaban J connectivity index is 1.54. The van der Waals surface area contributed by atoms with E-state index in [0.717, 1.165) is 5.56 Å². The number of methoxy groups -OCH3 is 1. The van der Waals surface area contributed by atoms with Gasteiger partial charge in [0.25, 0.3) is 11.9 Å². The highest BCUT2D eigenvalue weighted by Gasteiger charge is 2.67. The monoisotopic (exact) mass is 571 g/mol. The van der Waals surface area contributed by atoms with Crippen LogP contribution >= 0.6 is 27.5 Å². The third kappa shape index (κ3) is 3.82. The summed E-state index contributed by atoms with van der Waals surface area (Å²) in [5.41, 5.74) is 1.14. The van der Waals surface area contributed by atoms with Crippen LogP contribution in [0.2, 0.25) is 5.02 Å². The van der Waals surface area contributed by atoms with Gasteiger partial charge in [0, 0.05) is 32.8 Å². The van der Waals surface area contributed by atoms with Crippen LogP contribution in [-0.4, -0.2) is 30.0 Å². The quantitative estimate of drug-likeness (QED) is 0.309. The molecule has 1 amide bonds. The zero-order valence-electron chi connectivity index (χ0n) is 19.5. The van der Waals surface area contributed by atoms with Crippen molar-refractivity contribution in [3.8, 4) is 11.5 Å². The number of nitrogens with zero attached hydrogens (tertiary/aromatic N) is 1. The molecular formula is C26H23BrClN3O5. The van der Waals surface area contributed by atoms with Crippen LogP contribution in [0.5, 0.6) is 11.5 Å². The van der Waals surface area contributed by atoms with Crippen molar-refractivity contribution >= 4 is 39.1 Å². The summed E-state index contributed by atoms with van der Waals surface area (Å²) in [5, 5.41) is 19.2. The molecule has 0 unspecified atom stereocenters. The smallest absolute Gasteiger partial charge is 0.256 e. The lowest BCUT2D eigenvalue weighted by molar-refractivity contribution is -0.532. The first-order chi connectivity index (χ1) is 17.3. The minimum atomic E-state index is -1.48. The number of nitro groups is 1. The first kappa shape index (κ1) is 24.5. The highest BCUT2D eigenvalue weighted by Crippen LogP contribution is 2.51. The lowest BCUT2D eigenvalue weighted by Crippen LogP contribution is -2.54. The molecule has 5 rings (SSSR count). The maximum absolute atomic E-state index is 13.2. The number of nitrogens with one attached hydrogen (secondary N) is 2. The fourth-order valence-corrected chi connectivity index (χ4v) is 6.16. The topological polar surface area (TPSA) is 103 Å². The third-order valence-corrected chi connectivity index (χ3v) is 7.89. The summed E-state index contributed by atoms with van der Waals surface area (Å²) in [7, 11) is 1.51. The minimum Gasteiger partial charge on any atom is -0.493 e. The fourth-order valence-electron chi connectivity index (χ4n) is 5.39. The number of halogens is 2. The standard InChI is InChI=1S/C26H23BrClN3O5/c1-14-22(24(31(33)34)26(30-14)17-8-4-6-10-20(17)29-25(26)32)16-11-18(27)23(21(12-16)35-2)36-13-15-7-3-5-9-19(15)28/h3-12,14,22,24,30H,13H2,1-2H3,(H,29,32)/t14-,22-,24-,26+/m0/s1. The van der Waals surface area contributed by atoms with E-state index in [1.165, 1.54) is 7.11 Å². The van der Waals surface area contributed by atoms with Gasteiger partial charge in [-0.05, 0) is 52.7 Å². The van der Waals surface area contributed by atoms with E-state index < -0.39 is 23.4 Å². The maximum atomic E-state index is 13.2. The van der Waals surface area contributed by atoms with Crippen LogP contribution in [-0.2, 0) is 16.9 Å². The van der Waals surface area contributed by atoms with Crippen molar-refractivity contribution in [2.24, 2.45) is 0 Å². The molecule has 0 aromatic heterocycles. The number of ether oxygens (including phenoxy) is 2. The molecule has 1 fully saturated rings. The first-order valence-corrected chi connectivity index (χ1v) is 12.5. The molecule has 0 radical (unpaired) electrons. The highest BCUT2D eigenvalue weighted by atomic mass is 79.9. The van der Waals surface area contributed by atoms with Crippen LogP contribution in [0.15, 0.2) is 65.1 Å². The molecule has 0 saturated carbocycles. The molecular weight excluding hydrogens is 550 g/mol. The summed E-state index contributed by atoms with van der Waals surface area (Å²) in [6, 6.07) is 16.4. The number of carbonyl (C=O) groups excluding carboxylic acids is 1. The summed E-state index contributed by atoms with van der Waals surface area (Å²) >= 11 is 9.82. The second kappa shape index (κ2) is 9.38. The Morgan fingerprint density at radius 3 is 2.61 bits per heavy atom. The average Bonchev–Trinajstić information content (AvgIpc) is 3.32. The molecule has 2 N–H and O–H groups in total. The minimum absolute atomic E-state index is 0.215. The van der Waals surface area contributed by atoms with Gasteiger partial charge in [-0.3, -0.25) is 20.2 Å². The van der Waals surface area contributed by atoms with Crippen molar-refractivity contribution in [3.05, 3.63) is 97.0 Å². The molecule has 186 valence electrons. The zero-order valence-corrected chi connectivity index (χ0v) is 21.8. The van der Waals surface area contributed by atoms with Crippen molar-refractivity contribution in [2.75, 3.05) is 12.4 Å². The summed E-state index contributed by atoms with van der Waals surface area (Å²) in [6.07, 6.45) is 0. The molecule has 2 aliphatic rings. The molecule has 3 aromatic carbocycles. The van der Waals surface area contributed by atoms with Gasteiger partial charge in [-0.2, -0.15) is 0 Å². The fraction of sp³-hybridized carbons (Fsp3) is 0.269. The molecule has 8 nitrogen and oxygen atoms in total. The molecule has 3 aromatic rings. The molecule has 1 saturated heterocycles. The van der Waals surface area contributed by atoms with Gasteiger partial charge in [-0.25, -0.2) is 0 Å². The van der Waals surface area contributed by atoms with E-state index in [0.29, 0.717) is 37.8 Å². The third-order valence-electron chi connectivity index (χ3n) is 6.93. The summed E-state index contributed by atoms with van der Waals surface area (Å²) in [4.78, 5) is 25.4. The van der Waals surface area contributed by atoms with Gasteiger partial charge >= 0.3 is 0 Å². The molecule has 0 aliphatic carbocycles. The van der Waals surface area contributed by atoms with Crippen molar-refractivity contribution in [1.29, 1.82) is 0 Å². The number of para-hydroxylation sites is 1. The number of fused-ring (bicyclic) bond motifs is 2. The average molecular weight is 573 g/mol. The summed E-state index contributed by atoms with van der Waals surface area (Å²) < 4.78 is 12.2. The molecule has 2 heterocycles. The van der Waals surface area contributed by atoms with Gasteiger partial charge in [-0.1, -0.05) is 48.0 Å². The number of carbonyl (C=O) groups is 1. The Labute approximate surface area is 221 Å². The number of rotatable bonds is 6. The summed E-state index contributed by atoms with van der Waals surface area (Å²) in [5.74, 6) is -0.181. The van der Waals surface area contributed by atoms with Gasteiger partial charge in [0.2, 0.25) is 0 Å². The Kier molecular flexibility index (Phi) is 6.40. The van der Waals surface area contributed by atoms with E-state index in [4.69, 9.17) is 21.1 Å². The molecule has 4 atom stereocenters. The van der Waals surface area contributed by atoms with Crippen LogP contribution in [0.25, 0.3) is 0 Å². The van der Waals surface area contributed by atoms with E-state index in [-0.39, 0.29) is 17.6 Å². The second-order valence-corrected chi connectivity index (χ2v) is 10.2. The number of hydrogen-bond donors (Lipinski definition) is 2.